The zero-order valence-electron chi connectivity index (χ0n) is 13.2. The molecule has 0 saturated carbocycles. The predicted octanol–water partition coefficient (Wildman–Crippen LogP) is 4.08. The van der Waals surface area contributed by atoms with Crippen LogP contribution >= 0.6 is 11.6 Å². The summed E-state index contributed by atoms with van der Waals surface area (Å²) in [5, 5.41) is 1.46. The van der Waals surface area contributed by atoms with Crippen molar-refractivity contribution < 1.29 is 17.9 Å². The number of halogens is 1. The van der Waals surface area contributed by atoms with E-state index in [2.05, 4.69) is 4.72 Å². The molecule has 0 aliphatic heterocycles. The van der Waals surface area contributed by atoms with Crippen LogP contribution in [0.15, 0.2) is 65.6 Å². The first-order valence-corrected chi connectivity index (χ1v) is 9.17. The maximum absolute atomic E-state index is 12.9. The number of fused-ring (bicyclic) bond motifs is 1. The molecule has 25 heavy (non-hydrogen) atoms. The van der Waals surface area contributed by atoms with Crippen LogP contribution in [-0.4, -0.2) is 21.5 Å². The second-order valence-corrected chi connectivity index (χ2v) is 7.29. The summed E-state index contributed by atoms with van der Waals surface area (Å²) in [7, 11) is -2.73. The van der Waals surface area contributed by atoms with Gasteiger partial charge in [-0.15, -0.1) is 0 Å². The average molecular weight is 376 g/mol. The Bertz CT molecular complexity index is 1060. The van der Waals surface area contributed by atoms with Crippen molar-refractivity contribution in [2.45, 2.75) is 4.90 Å². The zero-order valence-corrected chi connectivity index (χ0v) is 14.8. The van der Waals surface area contributed by atoms with Crippen LogP contribution in [0.5, 0.6) is 0 Å². The number of anilines is 1. The molecule has 0 amide bonds. The van der Waals surface area contributed by atoms with E-state index in [1.54, 1.807) is 42.5 Å². The van der Waals surface area contributed by atoms with E-state index in [1.165, 1.54) is 25.3 Å². The Morgan fingerprint density at radius 1 is 1.00 bits per heavy atom. The summed E-state index contributed by atoms with van der Waals surface area (Å²) in [5.74, 6) is -0.630. The minimum absolute atomic E-state index is 0.0373. The summed E-state index contributed by atoms with van der Waals surface area (Å²) in [5.41, 5.74) is 0.262. The summed E-state index contributed by atoms with van der Waals surface area (Å²) in [6, 6.07) is 16.3. The number of carbonyl (C=O) groups excluding carboxylic acids is 1. The molecule has 1 N–H and O–H groups in total. The Morgan fingerprint density at radius 2 is 1.68 bits per heavy atom. The number of hydrogen-bond acceptors (Lipinski definition) is 4. The first-order chi connectivity index (χ1) is 11.9. The van der Waals surface area contributed by atoms with Crippen LogP contribution in [0.1, 0.15) is 10.4 Å². The maximum Gasteiger partial charge on any atom is 0.339 e. The van der Waals surface area contributed by atoms with Gasteiger partial charge < -0.3 is 4.74 Å². The molecule has 0 fully saturated rings. The number of sulfonamides is 1. The molecular weight excluding hydrogens is 362 g/mol. The second-order valence-electron chi connectivity index (χ2n) is 5.24. The third-order valence-corrected chi connectivity index (χ3v) is 5.40. The van der Waals surface area contributed by atoms with E-state index in [4.69, 9.17) is 16.3 Å². The number of benzene rings is 3. The van der Waals surface area contributed by atoms with Gasteiger partial charge in [-0.1, -0.05) is 48.0 Å². The summed E-state index contributed by atoms with van der Waals surface area (Å²) < 4.78 is 33.0. The number of carbonyl (C=O) groups is 1. The Hall–Kier alpha value is -2.57. The molecule has 0 heterocycles. The van der Waals surface area contributed by atoms with Crippen molar-refractivity contribution >= 4 is 44.1 Å². The highest BCUT2D eigenvalue weighted by atomic mass is 35.5. The van der Waals surface area contributed by atoms with Gasteiger partial charge in [-0.25, -0.2) is 13.2 Å². The molecule has 0 aliphatic rings. The Morgan fingerprint density at radius 3 is 2.40 bits per heavy atom. The van der Waals surface area contributed by atoms with E-state index in [0.29, 0.717) is 15.8 Å². The lowest BCUT2D eigenvalue weighted by molar-refractivity contribution is 0.0602. The second kappa shape index (κ2) is 6.74. The summed E-state index contributed by atoms with van der Waals surface area (Å²) in [4.78, 5) is 11.9. The molecule has 0 radical (unpaired) electrons. The average Bonchev–Trinajstić information content (AvgIpc) is 2.61. The van der Waals surface area contributed by atoms with Crippen molar-refractivity contribution in [3.8, 4) is 0 Å². The lowest BCUT2D eigenvalue weighted by atomic mass is 10.1. The van der Waals surface area contributed by atoms with Crippen LogP contribution < -0.4 is 4.72 Å². The highest BCUT2D eigenvalue weighted by molar-refractivity contribution is 7.93. The molecule has 7 heteroatoms. The number of para-hydroxylation sites is 1. The molecule has 3 rings (SSSR count). The van der Waals surface area contributed by atoms with Gasteiger partial charge in [-0.2, -0.15) is 0 Å². The van der Waals surface area contributed by atoms with E-state index in [-0.39, 0.29) is 16.1 Å². The van der Waals surface area contributed by atoms with Crippen LogP contribution in [0.2, 0.25) is 5.02 Å². The molecule has 0 bridgehead atoms. The molecule has 0 atom stereocenters. The molecule has 0 saturated heterocycles. The Labute approximate surface area is 150 Å². The highest BCUT2D eigenvalue weighted by Crippen LogP contribution is 2.31. The number of esters is 1. The number of rotatable bonds is 4. The summed E-state index contributed by atoms with van der Waals surface area (Å²) in [6.07, 6.45) is 0. The number of hydrogen-bond donors (Lipinski definition) is 1. The number of ether oxygens (including phenoxy) is 1. The van der Waals surface area contributed by atoms with E-state index in [9.17, 15) is 13.2 Å². The van der Waals surface area contributed by atoms with Gasteiger partial charge in [0, 0.05) is 10.4 Å². The molecule has 128 valence electrons. The molecular formula is C18H14ClNO4S. The van der Waals surface area contributed by atoms with Crippen molar-refractivity contribution in [3.05, 3.63) is 71.2 Å². The lowest BCUT2D eigenvalue weighted by Gasteiger charge is -2.13. The van der Waals surface area contributed by atoms with Crippen molar-refractivity contribution in [2.24, 2.45) is 0 Å². The van der Waals surface area contributed by atoms with Crippen molar-refractivity contribution in [3.63, 3.8) is 0 Å². The topological polar surface area (TPSA) is 72.5 Å². The van der Waals surface area contributed by atoms with Crippen molar-refractivity contribution in [1.29, 1.82) is 0 Å². The van der Waals surface area contributed by atoms with Gasteiger partial charge in [-0.05, 0) is 29.7 Å². The standard InChI is InChI=1S/C18H14ClNO4S/c1-24-18(21)13-8-2-3-10-15(13)20-25(22,23)16-11-5-7-12-6-4-9-14(19)17(12)16/h2-11,20H,1H3. The molecule has 0 unspecified atom stereocenters. The Balaban J connectivity index is 2.13. The largest absolute Gasteiger partial charge is 0.465 e. The van der Waals surface area contributed by atoms with Gasteiger partial charge in [0.15, 0.2) is 0 Å². The zero-order chi connectivity index (χ0) is 18.0. The first-order valence-electron chi connectivity index (χ1n) is 7.31. The van der Waals surface area contributed by atoms with Crippen LogP contribution in [-0.2, 0) is 14.8 Å². The van der Waals surface area contributed by atoms with Gasteiger partial charge in [0.25, 0.3) is 10.0 Å². The van der Waals surface area contributed by atoms with E-state index in [1.807, 2.05) is 0 Å². The van der Waals surface area contributed by atoms with Crippen molar-refractivity contribution in [1.82, 2.24) is 0 Å². The molecule has 0 aliphatic carbocycles. The van der Waals surface area contributed by atoms with Gasteiger partial charge >= 0.3 is 5.97 Å². The fourth-order valence-corrected chi connectivity index (χ4v) is 4.22. The van der Waals surface area contributed by atoms with Gasteiger partial charge in [0.2, 0.25) is 0 Å². The fourth-order valence-electron chi connectivity index (χ4n) is 2.55. The lowest BCUT2D eigenvalue weighted by Crippen LogP contribution is -2.16. The van der Waals surface area contributed by atoms with Gasteiger partial charge in [0.1, 0.15) is 0 Å². The SMILES string of the molecule is COC(=O)c1ccccc1NS(=O)(=O)c1cccc2cccc(Cl)c12. The highest BCUT2D eigenvalue weighted by Gasteiger charge is 2.21. The maximum atomic E-state index is 12.9. The van der Waals surface area contributed by atoms with Crippen LogP contribution in [0.3, 0.4) is 0 Å². The minimum atomic E-state index is -3.97. The molecule has 0 spiro atoms. The van der Waals surface area contributed by atoms with Gasteiger partial charge in [0.05, 0.1) is 23.3 Å². The number of methoxy groups -OCH3 is 1. The van der Waals surface area contributed by atoms with Crippen LogP contribution in [0.4, 0.5) is 5.69 Å². The van der Waals surface area contributed by atoms with E-state index in [0.717, 1.165) is 0 Å². The summed E-state index contributed by atoms with van der Waals surface area (Å²) in [6.45, 7) is 0. The minimum Gasteiger partial charge on any atom is -0.465 e. The molecule has 3 aromatic rings. The predicted molar refractivity (Wildman–Crippen MR) is 97.5 cm³/mol. The van der Waals surface area contributed by atoms with Gasteiger partial charge in [-0.3, -0.25) is 4.72 Å². The smallest absolute Gasteiger partial charge is 0.339 e. The van der Waals surface area contributed by atoms with Crippen LogP contribution in [0.25, 0.3) is 10.8 Å². The third-order valence-electron chi connectivity index (χ3n) is 3.68. The monoisotopic (exact) mass is 375 g/mol. The molecule has 0 aromatic heterocycles. The molecule has 5 nitrogen and oxygen atoms in total. The normalized spacial score (nSPS) is 11.3. The first kappa shape index (κ1) is 17.3. The number of nitrogens with one attached hydrogen (secondary N) is 1. The third kappa shape index (κ3) is 3.31. The fraction of sp³-hybridized carbons (Fsp3) is 0.0556. The quantitative estimate of drug-likeness (QED) is 0.697. The van der Waals surface area contributed by atoms with Crippen LogP contribution in [0, 0.1) is 0 Å². The summed E-state index contributed by atoms with van der Waals surface area (Å²) >= 11 is 6.21. The van der Waals surface area contributed by atoms with E-state index < -0.39 is 16.0 Å². The Kier molecular flexibility index (Phi) is 4.65. The molecule has 3 aromatic carbocycles. The van der Waals surface area contributed by atoms with E-state index >= 15 is 0 Å². The van der Waals surface area contributed by atoms with Crippen molar-refractivity contribution in [2.75, 3.05) is 11.8 Å².